The molecule has 0 saturated carbocycles. The van der Waals surface area contributed by atoms with Crippen LogP contribution in [-0.4, -0.2) is 40.2 Å². The summed E-state index contributed by atoms with van der Waals surface area (Å²) in [6.07, 6.45) is 4.30. The molecule has 5 rings (SSSR count). The summed E-state index contributed by atoms with van der Waals surface area (Å²) in [4.78, 5) is 18.2. The highest BCUT2D eigenvalue weighted by Crippen LogP contribution is 2.25. The van der Waals surface area contributed by atoms with Crippen molar-refractivity contribution < 1.29 is 4.79 Å². The maximum atomic E-state index is 12.7. The van der Waals surface area contributed by atoms with Crippen molar-refractivity contribution in [3.05, 3.63) is 71.4 Å². The molecule has 0 bridgehead atoms. The Balaban J connectivity index is 1.22. The largest absolute Gasteiger partial charge is 0.361 e. The van der Waals surface area contributed by atoms with Crippen LogP contribution in [0.15, 0.2) is 60.8 Å². The van der Waals surface area contributed by atoms with E-state index in [0.717, 1.165) is 59.5 Å². The van der Waals surface area contributed by atoms with Crippen LogP contribution in [0.1, 0.15) is 18.4 Å². The van der Waals surface area contributed by atoms with E-state index in [1.54, 1.807) is 0 Å². The molecule has 1 fully saturated rings. The van der Waals surface area contributed by atoms with E-state index in [0.29, 0.717) is 11.4 Å². The highest BCUT2D eigenvalue weighted by Gasteiger charge is 2.23. The Bertz CT molecular complexity index is 1200. The number of anilines is 1. The number of nitrogens with one attached hydrogen (secondary N) is 3. The zero-order valence-electron chi connectivity index (χ0n) is 17.1. The van der Waals surface area contributed by atoms with E-state index >= 15 is 0 Å². The Labute approximate surface area is 185 Å². The molecule has 2 aromatic carbocycles. The number of para-hydroxylation sites is 1. The van der Waals surface area contributed by atoms with E-state index in [9.17, 15) is 4.79 Å². The van der Waals surface area contributed by atoms with Crippen molar-refractivity contribution in [3.63, 3.8) is 0 Å². The number of benzene rings is 2. The van der Waals surface area contributed by atoms with Crippen LogP contribution in [0.3, 0.4) is 0 Å². The second-order valence-electron chi connectivity index (χ2n) is 8.04. The van der Waals surface area contributed by atoms with E-state index in [2.05, 4.69) is 31.5 Å². The molecule has 2 aromatic heterocycles. The molecule has 1 atom stereocenters. The number of nitrogens with zero attached hydrogens (tertiary/aromatic N) is 2. The van der Waals surface area contributed by atoms with Crippen molar-refractivity contribution in [2.75, 3.05) is 18.0 Å². The fourth-order valence-electron chi connectivity index (χ4n) is 4.28. The number of hydrogen-bond donors (Lipinski definition) is 3. The Hall–Kier alpha value is -3.25. The van der Waals surface area contributed by atoms with Crippen molar-refractivity contribution in [2.45, 2.75) is 25.3 Å². The molecule has 31 heavy (non-hydrogen) atoms. The maximum Gasteiger partial charge on any atom is 0.224 e. The van der Waals surface area contributed by atoms with Gasteiger partial charge >= 0.3 is 0 Å². The molecule has 0 spiro atoms. The van der Waals surface area contributed by atoms with Crippen LogP contribution in [0, 0.1) is 0 Å². The molecule has 1 amide bonds. The zero-order chi connectivity index (χ0) is 21.2. The second kappa shape index (κ2) is 8.47. The first-order valence-corrected chi connectivity index (χ1v) is 10.9. The molecule has 1 aliphatic heterocycles. The third-order valence-corrected chi connectivity index (χ3v) is 6.11. The minimum absolute atomic E-state index is 0.0560. The summed E-state index contributed by atoms with van der Waals surface area (Å²) in [5, 5.41) is 12.7. The van der Waals surface area contributed by atoms with Crippen LogP contribution >= 0.6 is 11.6 Å². The molecule has 6 nitrogen and oxygen atoms in total. The SMILES string of the molecule is O=C(Cc1c[nH]c2ccccc12)N[C@@H]1CCCN(c2cc(-c3ccc(Cl)cc3)[nH]n2)C1. The van der Waals surface area contributed by atoms with Gasteiger partial charge in [-0.25, -0.2) is 0 Å². The molecule has 0 radical (unpaired) electrons. The van der Waals surface area contributed by atoms with Gasteiger partial charge in [-0.05, 0) is 42.2 Å². The number of amides is 1. The Kier molecular flexibility index (Phi) is 5.38. The summed E-state index contributed by atoms with van der Waals surface area (Å²) in [5.74, 6) is 0.959. The molecule has 1 saturated heterocycles. The second-order valence-corrected chi connectivity index (χ2v) is 8.47. The molecule has 158 valence electrons. The van der Waals surface area contributed by atoms with Gasteiger partial charge in [-0.1, -0.05) is 41.9 Å². The van der Waals surface area contributed by atoms with Gasteiger partial charge in [0, 0.05) is 47.3 Å². The van der Waals surface area contributed by atoms with Crippen LogP contribution in [0.25, 0.3) is 22.2 Å². The van der Waals surface area contributed by atoms with E-state index in [4.69, 9.17) is 11.6 Å². The first kappa shape index (κ1) is 19.7. The van der Waals surface area contributed by atoms with Gasteiger partial charge in [0.25, 0.3) is 0 Å². The Morgan fingerprint density at radius 3 is 2.90 bits per heavy atom. The number of H-pyrrole nitrogens is 2. The number of aromatic amines is 2. The molecular weight excluding hydrogens is 410 g/mol. The van der Waals surface area contributed by atoms with Crippen LogP contribution in [0.2, 0.25) is 5.02 Å². The number of carbonyl (C=O) groups excluding carboxylic acids is 1. The number of fused-ring (bicyclic) bond motifs is 1. The summed E-state index contributed by atoms with van der Waals surface area (Å²) in [6.45, 7) is 1.68. The highest BCUT2D eigenvalue weighted by atomic mass is 35.5. The number of piperidine rings is 1. The fourth-order valence-corrected chi connectivity index (χ4v) is 4.41. The van der Waals surface area contributed by atoms with Gasteiger partial charge in [0.1, 0.15) is 0 Å². The zero-order valence-corrected chi connectivity index (χ0v) is 17.8. The molecule has 1 aliphatic rings. The smallest absolute Gasteiger partial charge is 0.224 e. The van der Waals surface area contributed by atoms with Crippen molar-refractivity contribution in [1.82, 2.24) is 20.5 Å². The number of carbonyl (C=O) groups is 1. The Morgan fingerprint density at radius 2 is 2.03 bits per heavy atom. The van der Waals surface area contributed by atoms with Crippen molar-refractivity contribution in [3.8, 4) is 11.3 Å². The average molecular weight is 434 g/mol. The quantitative estimate of drug-likeness (QED) is 0.432. The Morgan fingerprint density at radius 1 is 1.19 bits per heavy atom. The summed E-state index contributed by atoms with van der Waals surface area (Å²) in [6, 6.07) is 17.9. The lowest BCUT2D eigenvalue weighted by Crippen LogP contribution is -2.48. The lowest BCUT2D eigenvalue weighted by atomic mass is 10.0. The van der Waals surface area contributed by atoms with Gasteiger partial charge in [0.15, 0.2) is 5.82 Å². The van der Waals surface area contributed by atoms with E-state index in [-0.39, 0.29) is 11.9 Å². The molecule has 3 heterocycles. The lowest BCUT2D eigenvalue weighted by Gasteiger charge is -2.33. The monoisotopic (exact) mass is 433 g/mol. The normalized spacial score (nSPS) is 16.5. The first-order chi connectivity index (χ1) is 15.2. The van der Waals surface area contributed by atoms with Gasteiger partial charge in [-0.15, -0.1) is 0 Å². The van der Waals surface area contributed by atoms with Gasteiger partial charge in [-0.2, -0.15) is 5.10 Å². The van der Waals surface area contributed by atoms with Crippen LogP contribution in [0.4, 0.5) is 5.82 Å². The fraction of sp³-hybridized carbons (Fsp3) is 0.250. The molecule has 4 aromatic rings. The van der Waals surface area contributed by atoms with Crippen molar-refractivity contribution >= 4 is 34.2 Å². The average Bonchev–Trinajstić information content (AvgIpc) is 3.43. The van der Waals surface area contributed by atoms with Gasteiger partial charge in [0.2, 0.25) is 5.91 Å². The number of hydrogen-bond acceptors (Lipinski definition) is 3. The lowest BCUT2D eigenvalue weighted by molar-refractivity contribution is -0.121. The van der Waals surface area contributed by atoms with Gasteiger partial charge < -0.3 is 15.2 Å². The molecule has 0 aliphatic carbocycles. The van der Waals surface area contributed by atoms with Gasteiger partial charge in [-0.3, -0.25) is 9.89 Å². The topological polar surface area (TPSA) is 76.8 Å². The predicted octanol–water partition coefficient (Wildman–Crippen LogP) is 4.54. The minimum Gasteiger partial charge on any atom is -0.361 e. The number of halogens is 1. The molecule has 7 heteroatoms. The van der Waals surface area contributed by atoms with E-state index in [1.807, 2.05) is 54.7 Å². The van der Waals surface area contributed by atoms with Crippen LogP contribution in [-0.2, 0) is 11.2 Å². The minimum atomic E-state index is 0.0560. The van der Waals surface area contributed by atoms with Crippen LogP contribution < -0.4 is 10.2 Å². The van der Waals surface area contributed by atoms with E-state index < -0.39 is 0 Å². The summed E-state index contributed by atoms with van der Waals surface area (Å²) >= 11 is 5.99. The number of aromatic nitrogens is 3. The summed E-state index contributed by atoms with van der Waals surface area (Å²) in [7, 11) is 0. The molecule has 0 unspecified atom stereocenters. The summed E-state index contributed by atoms with van der Waals surface area (Å²) in [5.41, 5.74) is 4.09. The first-order valence-electron chi connectivity index (χ1n) is 10.6. The van der Waals surface area contributed by atoms with Crippen molar-refractivity contribution in [1.29, 1.82) is 0 Å². The van der Waals surface area contributed by atoms with E-state index in [1.165, 1.54) is 0 Å². The van der Waals surface area contributed by atoms with Crippen molar-refractivity contribution in [2.24, 2.45) is 0 Å². The standard InChI is InChI=1S/C24H24ClN5O/c25-18-9-7-16(8-10-18)22-13-23(29-28-22)30-11-3-4-19(15-30)27-24(31)12-17-14-26-21-6-2-1-5-20(17)21/h1-2,5-10,13-14,19,26H,3-4,11-12,15H2,(H,27,31)(H,28,29)/t19-/m1/s1. The van der Waals surface area contributed by atoms with Crippen LogP contribution in [0.5, 0.6) is 0 Å². The molecule has 3 N–H and O–H groups in total. The predicted molar refractivity (Wildman–Crippen MR) is 124 cm³/mol. The molecular formula is C24H24ClN5O. The maximum absolute atomic E-state index is 12.7. The third kappa shape index (κ3) is 4.30. The third-order valence-electron chi connectivity index (χ3n) is 5.86. The van der Waals surface area contributed by atoms with Gasteiger partial charge in [0.05, 0.1) is 12.1 Å². The number of rotatable bonds is 5. The summed E-state index contributed by atoms with van der Waals surface area (Å²) < 4.78 is 0. The highest BCUT2D eigenvalue weighted by molar-refractivity contribution is 6.30.